The molecular formula is C64H47N. The zero-order chi connectivity index (χ0) is 43.6. The predicted molar refractivity (Wildman–Crippen MR) is 276 cm³/mol. The lowest BCUT2D eigenvalue weighted by molar-refractivity contribution is 0.660. The Morgan fingerprint density at radius 3 is 1.57 bits per heavy atom. The first-order chi connectivity index (χ1) is 31.7. The lowest BCUT2D eigenvalue weighted by atomic mass is 9.80. The largest absolute Gasteiger partial charge is 0.310 e. The van der Waals surface area contributed by atoms with Gasteiger partial charge in [0.15, 0.2) is 0 Å². The number of rotatable bonds is 6. The molecule has 0 unspecified atom stereocenters. The van der Waals surface area contributed by atoms with Crippen LogP contribution in [-0.4, -0.2) is 0 Å². The Kier molecular flexibility index (Phi) is 8.07. The van der Waals surface area contributed by atoms with Gasteiger partial charge in [-0.2, -0.15) is 0 Å². The molecule has 2 aliphatic rings. The maximum absolute atomic E-state index is 2.50. The zero-order valence-corrected chi connectivity index (χ0v) is 37.2. The quantitative estimate of drug-likeness (QED) is 0.151. The normalized spacial score (nSPS) is 14.1. The summed E-state index contributed by atoms with van der Waals surface area (Å²) in [6.45, 7) is 9.55. The van der Waals surface area contributed by atoms with Gasteiger partial charge in [-0.25, -0.2) is 0 Å². The molecule has 0 heterocycles. The van der Waals surface area contributed by atoms with E-state index in [-0.39, 0.29) is 10.8 Å². The van der Waals surface area contributed by atoms with Gasteiger partial charge in [0, 0.05) is 27.9 Å². The van der Waals surface area contributed by atoms with Gasteiger partial charge in [-0.3, -0.25) is 0 Å². The Morgan fingerprint density at radius 2 is 0.846 bits per heavy atom. The summed E-state index contributed by atoms with van der Waals surface area (Å²) < 4.78 is 0. The molecule has 11 aromatic rings. The van der Waals surface area contributed by atoms with Gasteiger partial charge in [-0.1, -0.05) is 191 Å². The molecule has 0 aromatic heterocycles. The summed E-state index contributed by atoms with van der Waals surface area (Å²) in [5, 5.41) is 7.94. The Balaban J connectivity index is 0.975. The molecular weight excluding hydrogens is 783 g/mol. The number of benzene rings is 11. The fraction of sp³-hybridized carbons (Fsp3) is 0.0938. The lowest BCUT2D eigenvalue weighted by Crippen LogP contribution is -2.16. The van der Waals surface area contributed by atoms with Gasteiger partial charge in [0.25, 0.3) is 0 Å². The molecule has 0 atom stereocenters. The average Bonchev–Trinajstić information content (AvgIpc) is 3.72. The first-order valence-electron chi connectivity index (χ1n) is 23.0. The molecule has 2 aliphatic carbocycles. The highest BCUT2D eigenvalue weighted by atomic mass is 15.1. The van der Waals surface area contributed by atoms with E-state index in [0.29, 0.717) is 0 Å². The highest BCUT2D eigenvalue weighted by Crippen LogP contribution is 2.56. The fourth-order valence-corrected chi connectivity index (χ4v) is 11.7. The molecule has 0 bridgehead atoms. The van der Waals surface area contributed by atoms with Crippen molar-refractivity contribution in [2.45, 2.75) is 38.5 Å². The molecule has 13 rings (SSSR count). The van der Waals surface area contributed by atoms with Gasteiger partial charge >= 0.3 is 0 Å². The molecule has 1 nitrogen and oxygen atoms in total. The lowest BCUT2D eigenvalue weighted by Gasteiger charge is -2.29. The topological polar surface area (TPSA) is 3.24 Å². The third-order valence-corrected chi connectivity index (χ3v) is 15.0. The standard InChI is InChI=1S/C64H47N/c1-63(2)56-24-12-11-23-51(56)55-37-45(28-34-57(55)63)50-30-25-42-26-32-54-61-46(27-31-52(50)60(42)61)38-59-62(54)53-33-29-49(39-58(53)64(59,3)4)65(47-21-13-19-43(35-47)40-15-7-5-8-16-40)48-22-14-20-44(36-48)41-17-9-6-10-18-41/h5-39H,1-4H3. The summed E-state index contributed by atoms with van der Waals surface area (Å²) in [6.07, 6.45) is 0. The molecule has 65 heavy (non-hydrogen) atoms. The third kappa shape index (κ3) is 5.58. The highest BCUT2D eigenvalue weighted by molar-refractivity contribution is 6.28. The molecule has 0 saturated carbocycles. The van der Waals surface area contributed by atoms with Crippen LogP contribution < -0.4 is 4.90 Å². The Hall–Kier alpha value is -7.74. The van der Waals surface area contributed by atoms with Gasteiger partial charge in [-0.05, 0) is 159 Å². The molecule has 0 saturated heterocycles. The molecule has 11 aromatic carbocycles. The maximum Gasteiger partial charge on any atom is 0.0467 e. The van der Waals surface area contributed by atoms with Crippen LogP contribution in [-0.2, 0) is 10.8 Å². The fourth-order valence-electron chi connectivity index (χ4n) is 11.7. The number of fused-ring (bicyclic) bond motifs is 7. The summed E-state index contributed by atoms with van der Waals surface area (Å²) in [5.74, 6) is 0. The Labute approximate surface area is 381 Å². The molecule has 0 aliphatic heterocycles. The van der Waals surface area contributed by atoms with Crippen molar-refractivity contribution >= 4 is 49.4 Å². The molecule has 0 N–H and O–H groups in total. The van der Waals surface area contributed by atoms with Gasteiger partial charge in [0.05, 0.1) is 0 Å². The van der Waals surface area contributed by atoms with Gasteiger partial charge in [-0.15, -0.1) is 0 Å². The number of nitrogens with zero attached hydrogens (tertiary/aromatic N) is 1. The van der Waals surface area contributed by atoms with E-state index in [1.165, 1.54) is 110 Å². The average molecular weight is 830 g/mol. The first kappa shape index (κ1) is 37.8. The predicted octanol–water partition coefficient (Wildman–Crippen LogP) is 17.7. The number of hydrogen-bond donors (Lipinski definition) is 0. The smallest absolute Gasteiger partial charge is 0.0467 e. The van der Waals surface area contributed by atoms with Crippen molar-refractivity contribution in [3.05, 3.63) is 235 Å². The van der Waals surface area contributed by atoms with Gasteiger partial charge < -0.3 is 4.90 Å². The first-order valence-corrected chi connectivity index (χ1v) is 23.0. The van der Waals surface area contributed by atoms with Crippen molar-refractivity contribution in [3.63, 3.8) is 0 Å². The van der Waals surface area contributed by atoms with Crippen molar-refractivity contribution in [1.29, 1.82) is 0 Å². The number of hydrogen-bond acceptors (Lipinski definition) is 1. The summed E-state index contributed by atoms with van der Waals surface area (Å²) >= 11 is 0. The summed E-state index contributed by atoms with van der Waals surface area (Å²) in [7, 11) is 0. The van der Waals surface area contributed by atoms with Crippen LogP contribution in [0.2, 0.25) is 0 Å². The zero-order valence-electron chi connectivity index (χ0n) is 37.2. The van der Waals surface area contributed by atoms with Crippen LogP contribution in [0.3, 0.4) is 0 Å². The van der Waals surface area contributed by atoms with Gasteiger partial charge in [0.2, 0.25) is 0 Å². The van der Waals surface area contributed by atoms with Crippen LogP contribution in [0.5, 0.6) is 0 Å². The Bertz CT molecular complexity index is 3620. The van der Waals surface area contributed by atoms with E-state index in [1.807, 2.05) is 0 Å². The van der Waals surface area contributed by atoms with Crippen LogP contribution in [0.25, 0.3) is 88.0 Å². The third-order valence-electron chi connectivity index (χ3n) is 15.0. The van der Waals surface area contributed by atoms with E-state index in [2.05, 4.69) is 245 Å². The highest BCUT2D eigenvalue weighted by Gasteiger charge is 2.39. The molecule has 0 spiro atoms. The minimum absolute atomic E-state index is 0.0164. The SMILES string of the molecule is CC1(C)c2ccccc2-c2cc(-c3ccc4ccc5c6c(cc7ccc3c4c75)C(C)(C)c3cc(N(c4cccc(-c5ccccc5)c4)c4cccc(-c5ccccc5)c4)ccc3-6)ccc21. The summed E-state index contributed by atoms with van der Waals surface area (Å²) in [6, 6.07) is 79.4. The van der Waals surface area contributed by atoms with Crippen LogP contribution in [0.4, 0.5) is 17.1 Å². The van der Waals surface area contributed by atoms with E-state index in [4.69, 9.17) is 0 Å². The second-order valence-corrected chi connectivity index (χ2v) is 19.3. The monoisotopic (exact) mass is 829 g/mol. The van der Waals surface area contributed by atoms with Gasteiger partial charge in [0.1, 0.15) is 0 Å². The van der Waals surface area contributed by atoms with Crippen LogP contribution in [0.1, 0.15) is 49.9 Å². The second-order valence-electron chi connectivity index (χ2n) is 19.3. The molecule has 0 fully saturated rings. The molecule has 308 valence electrons. The van der Waals surface area contributed by atoms with Crippen LogP contribution in [0.15, 0.2) is 212 Å². The molecule has 1 heteroatoms. The van der Waals surface area contributed by atoms with E-state index in [1.54, 1.807) is 0 Å². The van der Waals surface area contributed by atoms with Crippen molar-refractivity contribution in [2.75, 3.05) is 4.90 Å². The van der Waals surface area contributed by atoms with E-state index < -0.39 is 0 Å². The van der Waals surface area contributed by atoms with Crippen LogP contribution >= 0.6 is 0 Å². The van der Waals surface area contributed by atoms with Crippen molar-refractivity contribution in [1.82, 2.24) is 0 Å². The second kappa shape index (κ2) is 13.9. The minimum Gasteiger partial charge on any atom is -0.310 e. The van der Waals surface area contributed by atoms with E-state index in [9.17, 15) is 0 Å². The molecule has 0 radical (unpaired) electrons. The van der Waals surface area contributed by atoms with E-state index in [0.717, 1.165) is 17.1 Å². The number of anilines is 3. The minimum atomic E-state index is -0.228. The van der Waals surface area contributed by atoms with E-state index >= 15 is 0 Å². The van der Waals surface area contributed by atoms with Crippen LogP contribution in [0, 0.1) is 0 Å². The molecule has 0 amide bonds. The summed E-state index contributed by atoms with van der Waals surface area (Å²) in [5.41, 5.74) is 21.5. The van der Waals surface area contributed by atoms with Crippen molar-refractivity contribution < 1.29 is 0 Å². The van der Waals surface area contributed by atoms with Crippen molar-refractivity contribution in [2.24, 2.45) is 0 Å². The summed E-state index contributed by atoms with van der Waals surface area (Å²) in [4.78, 5) is 2.44. The Morgan fingerprint density at radius 1 is 0.292 bits per heavy atom. The van der Waals surface area contributed by atoms with Crippen molar-refractivity contribution in [3.8, 4) is 55.6 Å². The maximum atomic E-state index is 2.50.